The van der Waals surface area contributed by atoms with Crippen LogP contribution in [0.5, 0.6) is 0 Å². The zero-order chi connectivity index (χ0) is 64.0. The number of unbranched alkanes of at least 4 members (excludes halogenated alkanes) is 5. The van der Waals surface area contributed by atoms with Crippen molar-refractivity contribution in [3.63, 3.8) is 0 Å². The molecule has 0 bridgehead atoms. The second kappa shape index (κ2) is 63.4. The van der Waals surface area contributed by atoms with Crippen LogP contribution in [0.4, 0.5) is 0 Å². The molecule has 0 radical (unpaired) electrons. The van der Waals surface area contributed by atoms with Crippen molar-refractivity contribution in [3.05, 3.63) is 85.1 Å². The molecular formula is C58H81N7O16. The molecule has 23 nitrogen and oxygen atoms in total. The van der Waals surface area contributed by atoms with Crippen molar-refractivity contribution in [2.24, 2.45) is 5.92 Å². The van der Waals surface area contributed by atoms with E-state index in [2.05, 4.69) is 83.6 Å². The maximum atomic E-state index is 10.9. The average Bonchev–Trinajstić information content (AvgIpc) is 3.46. The van der Waals surface area contributed by atoms with Gasteiger partial charge in [-0.2, -0.15) is 36.8 Å². The average molecular weight is 1130 g/mol. The maximum absolute atomic E-state index is 10.9. The Labute approximate surface area is 479 Å². The standard InChI is InChI=1S/C10H15NO3.C10H15NO2.C8H11NO3.2C8H11NO2.2C7H9NO2/c1-3-4-5-13-6-7-14-10(12)9(2)8-11;1-3-4-5-6-7-13-10(12)9(2)8-11;1-3-11-4-5-12-8(10)7(2)6-9;1-6(2)5-11-8(10)7(3)4-9;1-3-4-5-11-8(10)7(2)6-9;1-5(2)10-7(9)6(3)4-8;1-3-4-10-7(9)6(2)5-8/h2-7H2,1H3;2-7H2,1H3;2-5H2,1H3;6H,3,5H2,1-2H3;2-5H2,1H3;5H,3H2,1-2H3;2-4H2,1H3. The summed E-state index contributed by atoms with van der Waals surface area (Å²) in [6.45, 7) is 43.4. The largest absolute Gasteiger partial charge is 0.462 e. The number of hydrogen-bond donors (Lipinski definition) is 0. The highest BCUT2D eigenvalue weighted by Crippen LogP contribution is 2.02. The Morgan fingerprint density at radius 1 is 0.333 bits per heavy atom. The van der Waals surface area contributed by atoms with Crippen LogP contribution in [0.25, 0.3) is 0 Å². The van der Waals surface area contributed by atoms with Gasteiger partial charge in [0, 0.05) is 13.2 Å². The quantitative estimate of drug-likeness (QED) is 0.0213. The van der Waals surface area contributed by atoms with Gasteiger partial charge in [0.1, 0.15) is 94.7 Å². The number of rotatable bonds is 30. The number of esters is 7. The Bertz CT molecular complexity index is 2310. The summed E-state index contributed by atoms with van der Waals surface area (Å²) in [5.41, 5.74) is -1.09. The third kappa shape index (κ3) is 65.0. The molecule has 0 aliphatic rings. The highest BCUT2D eigenvalue weighted by molar-refractivity contribution is 5.94. The normalized spacial score (nSPS) is 8.69. The molecule has 0 aromatic heterocycles. The summed E-state index contributed by atoms with van der Waals surface area (Å²) in [4.78, 5) is 75.1. The van der Waals surface area contributed by atoms with Gasteiger partial charge in [-0.25, -0.2) is 33.6 Å². The molecule has 0 heterocycles. The number of carbonyl (C=O) groups is 7. The predicted octanol–water partition coefficient (Wildman–Crippen LogP) is 8.97. The number of ether oxygens (including phenoxy) is 9. The van der Waals surface area contributed by atoms with Crippen LogP contribution >= 0.6 is 0 Å². The molecule has 0 aliphatic heterocycles. The molecule has 444 valence electrons. The smallest absolute Gasteiger partial charge is 0.348 e. The third-order valence-corrected chi connectivity index (χ3v) is 7.73. The lowest BCUT2D eigenvalue weighted by molar-refractivity contribution is -0.142. The first-order valence-corrected chi connectivity index (χ1v) is 25.3. The van der Waals surface area contributed by atoms with Crippen molar-refractivity contribution >= 4 is 41.8 Å². The summed E-state index contributed by atoms with van der Waals surface area (Å²) in [5, 5.41) is 57.6. The van der Waals surface area contributed by atoms with Gasteiger partial charge < -0.3 is 42.6 Å². The fraction of sp³-hybridized carbons (Fsp3) is 0.517. The summed E-state index contributed by atoms with van der Waals surface area (Å²) < 4.78 is 42.7. The number of nitriles is 7. The van der Waals surface area contributed by atoms with Gasteiger partial charge in [0.2, 0.25) is 0 Å². The molecule has 0 fully saturated rings. The summed E-state index contributed by atoms with van der Waals surface area (Å²) in [6.07, 6.45) is 8.64. The van der Waals surface area contributed by atoms with Crippen LogP contribution in [0.3, 0.4) is 0 Å². The zero-order valence-electron chi connectivity index (χ0n) is 48.7. The first kappa shape index (κ1) is 85.7. The Morgan fingerprint density at radius 3 is 0.938 bits per heavy atom. The van der Waals surface area contributed by atoms with Crippen molar-refractivity contribution in [2.45, 2.75) is 126 Å². The van der Waals surface area contributed by atoms with E-state index in [4.69, 9.17) is 55.8 Å². The third-order valence-electron chi connectivity index (χ3n) is 7.73. The molecule has 81 heavy (non-hydrogen) atoms. The molecule has 0 saturated heterocycles. The van der Waals surface area contributed by atoms with E-state index in [9.17, 15) is 33.6 Å². The van der Waals surface area contributed by atoms with Gasteiger partial charge in [-0.15, -0.1) is 0 Å². The summed E-state index contributed by atoms with van der Waals surface area (Å²) >= 11 is 0. The van der Waals surface area contributed by atoms with E-state index in [0.29, 0.717) is 52.9 Å². The minimum absolute atomic E-state index is 0.129. The fourth-order valence-electron chi connectivity index (χ4n) is 3.45. The molecule has 0 spiro atoms. The van der Waals surface area contributed by atoms with Gasteiger partial charge in [-0.3, -0.25) is 0 Å². The van der Waals surface area contributed by atoms with E-state index < -0.39 is 41.8 Å². The van der Waals surface area contributed by atoms with Gasteiger partial charge in [-0.1, -0.05) is 120 Å². The molecular weight excluding hydrogens is 1050 g/mol. The highest BCUT2D eigenvalue weighted by atomic mass is 16.6. The first-order valence-electron chi connectivity index (χ1n) is 25.3. The highest BCUT2D eigenvalue weighted by Gasteiger charge is 2.11. The van der Waals surface area contributed by atoms with Crippen LogP contribution in [-0.4, -0.2) is 114 Å². The van der Waals surface area contributed by atoms with Gasteiger partial charge in [0.15, 0.2) is 0 Å². The minimum atomic E-state index is -0.683. The van der Waals surface area contributed by atoms with Crippen molar-refractivity contribution in [3.8, 4) is 42.5 Å². The van der Waals surface area contributed by atoms with Crippen LogP contribution in [0, 0.1) is 85.2 Å². The van der Waals surface area contributed by atoms with Gasteiger partial charge >= 0.3 is 41.8 Å². The first-order chi connectivity index (χ1) is 38.2. The van der Waals surface area contributed by atoms with Crippen LogP contribution < -0.4 is 0 Å². The monoisotopic (exact) mass is 1130 g/mol. The topological polar surface area (TPSA) is 369 Å². The summed E-state index contributed by atoms with van der Waals surface area (Å²) in [5.74, 6) is -4.17. The van der Waals surface area contributed by atoms with Crippen LogP contribution in [0.15, 0.2) is 85.1 Å². The lowest BCUT2D eigenvalue weighted by Gasteiger charge is -2.04. The van der Waals surface area contributed by atoms with Gasteiger partial charge in [0.05, 0.1) is 45.7 Å². The van der Waals surface area contributed by atoms with Gasteiger partial charge in [0.25, 0.3) is 0 Å². The SMILES string of the molecule is C=C(C#N)C(=O)OC(C)C.C=C(C#N)C(=O)OCC(C)C.C=C(C#N)C(=O)OCCC.C=C(C#N)C(=O)OCCCC.C=C(C#N)C(=O)OCCCCCC.C=C(C#N)C(=O)OCCOCC.C=C(C#N)C(=O)OCCOCCCC. The predicted molar refractivity (Wildman–Crippen MR) is 297 cm³/mol. The van der Waals surface area contributed by atoms with Gasteiger partial charge in [-0.05, 0) is 52.4 Å². The lowest BCUT2D eigenvalue weighted by atomic mass is 10.2. The van der Waals surface area contributed by atoms with Crippen molar-refractivity contribution in [2.75, 3.05) is 66.1 Å². The van der Waals surface area contributed by atoms with Crippen LogP contribution in [0.2, 0.25) is 0 Å². The van der Waals surface area contributed by atoms with E-state index in [1.54, 1.807) is 56.3 Å². The number of hydrogen-bond acceptors (Lipinski definition) is 23. The second-order valence-corrected chi connectivity index (χ2v) is 15.8. The molecule has 0 aromatic carbocycles. The maximum Gasteiger partial charge on any atom is 0.348 e. The van der Waals surface area contributed by atoms with E-state index in [-0.39, 0.29) is 64.2 Å². The summed E-state index contributed by atoms with van der Waals surface area (Å²) in [7, 11) is 0. The molecule has 0 rings (SSSR count). The number of nitrogens with zero attached hydrogens (tertiary/aromatic N) is 7. The molecule has 0 aliphatic carbocycles. The fourth-order valence-corrected chi connectivity index (χ4v) is 3.45. The molecule has 23 heteroatoms. The van der Waals surface area contributed by atoms with E-state index in [0.717, 1.165) is 57.8 Å². The van der Waals surface area contributed by atoms with E-state index in [1.165, 1.54) is 0 Å². The van der Waals surface area contributed by atoms with E-state index in [1.807, 2.05) is 34.6 Å². The van der Waals surface area contributed by atoms with Crippen molar-refractivity contribution in [1.29, 1.82) is 36.8 Å². The summed E-state index contributed by atoms with van der Waals surface area (Å²) in [6, 6.07) is 11.3. The Kier molecular flexibility index (Phi) is 67.1. The Hall–Kier alpha value is -9.18. The Morgan fingerprint density at radius 2 is 0.630 bits per heavy atom. The second-order valence-electron chi connectivity index (χ2n) is 15.8. The molecule has 0 unspecified atom stereocenters. The Balaban J connectivity index is -0.000000158. The number of carbonyl (C=O) groups excluding carboxylic acids is 7. The van der Waals surface area contributed by atoms with Crippen molar-refractivity contribution < 1.29 is 76.2 Å². The molecule has 0 amide bonds. The molecule has 0 atom stereocenters. The van der Waals surface area contributed by atoms with E-state index >= 15 is 0 Å². The van der Waals surface area contributed by atoms with Crippen molar-refractivity contribution in [1.82, 2.24) is 0 Å². The minimum Gasteiger partial charge on any atom is -0.462 e. The molecule has 0 saturated carbocycles. The zero-order valence-corrected chi connectivity index (χ0v) is 48.7. The lowest BCUT2D eigenvalue weighted by Crippen LogP contribution is -2.11. The van der Waals surface area contributed by atoms with Crippen LogP contribution in [0.1, 0.15) is 120 Å². The molecule has 0 N–H and O–H groups in total. The molecule has 0 aromatic rings. The van der Waals surface area contributed by atoms with Crippen LogP contribution in [-0.2, 0) is 76.2 Å².